The highest BCUT2D eigenvalue weighted by molar-refractivity contribution is 6.06. The van der Waals surface area contributed by atoms with Gasteiger partial charge in [0.15, 0.2) is 11.4 Å². The molecule has 0 bridgehead atoms. The smallest absolute Gasteiger partial charge is 0.254 e. The summed E-state index contributed by atoms with van der Waals surface area (Å²) >= 11 is 0. The lowest BCUT2D eigenvalue weighted by molar-refractivity contribution is 0.0689. The van der Waals surface area contributed by atoms with Gasteiger partial charge in [0, 0.05) is 19.1 Å². The zero-order valence-corrected chi connectivity index (χ0v) is 17.4. The van der Waals surface area contributed by atoms with Crippen LogP contribution < -0.4 is 5.32 Å². The minimum absolute atomic E-state index is 0.0561. The van der Waals surface area contributed by atoms with E-state index >= 15 is 0 Å². The number of hydrogen-bond donors (Lipinski definition) is 1. The third-order valence-electron chi connectivity index (χ3n) is 5.76. The molecule has 7 heteroatoms. The molecule has 0 aromatic carbocycles. The maximum Gasteiger partial charge on any atom is 0.254 e. The SMILES string of the molecule is CNCCC1CCN(C(=O)c2cc(-c3ccco3)nc3c2cnn3C(C)C)CC1. The Balaban J connectivity index is 1.66. The summed E-state index contributed by atoms with van der Waals surface area (Å²) in [5.74, 6) is 1.40. The van der Waals surface area contributed by atoms with E-state index in [0.29, 0.717) is 22.9 Å². The van der Waals surface area contributed by atoms with Gasteiger partial charge in [0.2, 0.25) is 0 Å². The quantitative estimate of drug-likeness (QED) is 0.688. The minimum Gasteiger partial charge on any atom is -0.463 e. The first kappa shape index (κ1) is 19.6. The molecular formula is C22H29N5O2. The predicted octanol–water partition coefficient (Wildman–Crippen LogP) is 3.73. The fraction of sp³-hybridized carbons (Fsp3) is 0.500. The number of nitrogens with one attached hydrogen (secondary N) is 1. The highest BCUT2D eigenvalue weighted by atomic mass is 16.3. The second kappa shape index (κ2) is 8.37. The molecule has 3 aromatic rings. The first-order valence-corrected chi connectivity index (χ1v) is 10.4. The lowest BCUT2D eigenvalue weighted by Gasteiger charge is -2.32. The standard InChI is InChI=1S/C22H29N5O2/c1-15(2)27-21-18(14-24-27)17(13-19(25-21)20-5-4-12-29-20)22(28)26-10-7-16(8-11-26)6-9-23-3/h4-5,12-16,23H,6-11H2,1-3H3. The highest BCUT2D eigenvalue weighted by Crippen LogP contribution is 2.29. The normalized spacial score (nSPS) is 15.5. The van der Waals surface area contributed by atoms with Crippen molar-refractivity contribution in [2.75, 3.05) is 26.7 Å². The van der Waals surface area contributed by atoms with Crippen LogP contribution in [-0.2, 0) is 0 Å². The Hall–Kier alpha value is -2.67. The van der Waals surface area contributed by atoms with Crippen molar-refractivity contribution >= 4 is 16.9 Å². The van der Waals surface area contributed by atoms with Crippen molar-refractivity contribution < 1.29 is 9.21 Å². The van der Waals surface area contributed by atoms with Gasteiger partial charge in [-0.2, -0.15) is 5.10 Å². The van der Waals surface area contributed by atoms with Crippen LogP contribution in [-0.4, -0.2) is 52.3 Å². The van der Waals surface area contributed by atoms with E-state index in [4.69, 9.17) is 9.40 Å². The van der Waals surface area contributed by atoms with Crippen LogP contribution in [0.3, 0.4) is 0 Å². The van der Waals surface area contributed by atoms with Crippen LogP contribution in [0.2, 0.25) is 0 Å². The molecule has 1 amide bonds. The van der Waals surface area contributed by atoms with Gasteiger partial charge in [-0.25, -0.2) is 9.67 Å². The Kier molecular flexibility index (Phi) is 5.67. The Bertz CT molecular complexity index is 969. The first-order chi connectivity index (χ1) is 14.1. The molecule has 0 spiro atoms. The third-order valence-corrected chi connectivity index (χ3v) is 5.76. The van der Waals surface area contributed by atoms with Crippen molar-refractivity contribution in [3.05, 3.63) is 36.2 Å². The van der Waals surface area contributed by atoms with E-state index in [-0.39, 0.29) is 11.9 Å². The summed E-state index contributed by atoms with van der Waals surface area (Å²) in [7, 11) is 1.99. The van der Waals surface area contributed by atoms with Gasteiger partial charge in [0.05, 0.1) is 23.4 Å². The average Bonchev–Trinajstić information content (AvgIpc) is 3.41. The molecule has 154 valence electrons. The molecule has 1 fully saturated rings. The molecule has 0 atom stereocenters. The number of likely N-dealkylation sites (tertiary alicyclic amines) is 1. The summed E-state index contributed by atoms with van der Waals surface area (Å²) in [6.45, 7) is 6.75. The zero-order valence-electron chi connectivity index (χ0n) is 17.4. The topological polar surface area (TPSA) is 76.2 Å². The van der Waals surface area contributed by atoms with Gasteiger partial charge in [-0.15, -0.1) is 0 Å². The molecular weight excluding hydrogens is 366 g/mol. The zero-order chi connectivity index (χ0) is 20.4. The van der Waals surface area contributed by atoms with E-state index in [0.717, 1.165) is 43.5 Å². The van der Waals surface area contributed by atoms with Gasteiger partial charge >= 0.3 is 0 Å². The monoisotopic (exact) mass is 395 g/mol. The molecule has 4 rings (SSSR count). The van der Waals surface area contributed by atoms with Crippen LogP contribution in [0.1, 0.15) is 49.5 Å². The van der Waals surface area contributed by atoms with E-state index in [9.17, 15) is 4.79 Å². The van der Waals surface area contributed by atoms with Crippen molar-refractivity contribution in [3.63, 3.8) is 0 Å². The third kappa shape index (κ3) is 3.92. The number of carbonyl (C=O) groups is 1. The van der Waals surface area contributed by atoms with Gasteiger partial charge in [-0.3, -0.25) is 4.79 Å². The van der Waals surface area contributed by atoms with E-state index < -0.39 is 0 Å². The fourth-order valence-electron chi connectivity index (χ4n) is 4.07. The maximum absolute atomic E-state index is 13.5. The molecule has 0 radical (unpaired) electrons. The molecule has 29 heavy (non-hydrogen) atoms. The van der Waals surface area contributed by atoms with Crippen molar-refractivity contribution in [1.29, 1.82) is 0 Å². The number of rotatable bonds is 6. The highest BCUT2D eigenvalue weighted by Gasteiger charge is 2.26. The molecule has 0 aliphatic carbocycles. The van der Waals surface area contributed by atoms with E-state index in [1.807, 2.05) is 34.8 Å². The molecule has 0 saturated carbocycles. The van der Waals surface area contributed by atoms with Crippen LogP contribution in [0.15, 0.2) is 35.1 Å². The van der Waals surface area contributed by atoms with Gasteiger partial charge in [0.1, 0.15) is 5.69 Å². The number of carbonyl (C=O) groups excluding carboxylic acids is 1. The largest absolute Gasteiger partial charge is 0.463 e. The van der Waals surface area contributed by atoms with Crippen LogP contribution in [0.5, 0.6) is 0 Å². The lowest BCUT2D eigenvalue weighted by atomic mass is 9.93. The molecule has 4 heterocycles. The molecule has 1 saturated heterocycles. The summed E-state index contributed by atoms with van der Waals surface area (Å²) in [5, 5.41) is 8.52. The van der Waals surface area contributed by atoms with Crippen LogP contribution >= 0.6 is 0 Å². The number of furan rings is 1. The van der Waals surface area contributed by atoms with Gasteiger partial charge in [-0.1, -0.05) is 0 Å². The van der Waals surface area contributed by atoms with Crippen LogP contribution in [0.25, 0.3) is 22.5 Å². The Morgan fingerprint density at radius 3 is 2.79 bits per heavy atom. The van der Waals surface area contributed by atoms with Crippen molar-refractivity contribution in [2.24, 2.45) is 5.92 Å². The molecule has 1 N–H and O–H groups in total. The van der Waals surface area contributed by atoms with Crippen LogP contribution in [0.4, 0.5) is 0 Å². The number of amides is 1. The Morgan fingerprint density at radius 2 is 2.14 bits per heavy atom. The lowest BCUT2D eigenvalue weighted by Crippen LogP contribution is -2.39. The number of nitrogens with zero attached hydrogens (tertiary/aromatic N) is 4. The average molecular weight is 396 g/mol. The molecule has 3 aromatic heterocycles. The van der Waals surface area contributed by atoms with E-state index in [2.05, 4.69) is 24.3 Å². The molecule has 7 nitrogen and oxygen atoms in total. The Labute approximate surface area is 171 Å². The number of piperidine rings is 1. The second-order valence-corrected chi connectivity index (χ2v) is 8.08. The van der Waals surface area contributed by atoms with Crippen molar-refractivity contribution in [3.8, 4) is 11.5 Å². The first-order valence-electron chi connectivity index (χ1n) is 10.4. The summed E-state index contributed by atoms with van der Waals surface area (Å²) in [6, 6.07) is 5.70. The summed E-state index contributed by atoms with van der Waals surface area (Å²) in [5.41, 5.74) is 2.04. The van der Waals surface area contributed by atoms with Crippen LogP contribution in [0, 0.1) is 5.92 Å². The van der Waals surface area contributed by atoms with Crippen molar-refractivity contribution in [1.82, 2.24) is 25.0 Å². The number of hydrogen-bond acceptors (Lipinski definition) is 5. The number of pyridine rings is 1. The van der Waals surface area contributed by atoms with Gasteiger partial charge < -0.3 is 14.6 Å². The summed E-state index contributed by atoms with van der Waals surface area (Å²) < 4.78 is 7.42. The fourth-order valence-corrected chi connectivity index (χ4v) is 4.07. The van der Waals surface area contributed by atoms with Gasteiger partial charge in [0.25, 0.3) is 5.91 Å². The summed E-state index contributed by atoms with van der Waals surface area (Å²) in [4.78, 5) is 20.2. The minimum atomic E-state index is 0.0561. The van der Waals surface area contributed by atoms with Crippen molar-refractivity contribution in [2.45, 2.75) is 39.2 Å². The molecule has 1 aliphatic heterocycles. The number of fused-ring (bicyclic) bond motifs is 1. The van der Waals surface area contributed by atoms with E-state index in [1.165, 1.54) is 6.42 Å². The Morgan fingerprint density at radius 1 is 1.34 bits per heavy atom. The molecule has 0 unspecified atom stereocenters. The second-order valence-electron chi connectivity index (χ2n) is 8.08. The maximum atomic E-state index is 13.5. The van der Waals surface area contributed by atoms with E-state index in [1.54, 1.807) is 12.5 Å². The predicted molar refractivity (Wildman–Crippen MR) is 113 cm³/mol. The van der Waals surface area contributed by atoms with Gasteiger partial charge in [-0.05, 0) is 70.8 Å². The summed E-state index contributed by atoms with van der Waals surface area (Å²) in [6.07, 6.45) is 6.66. The number of aromatic nitrogens is 3. The molecule has 1 aliphatic rings.